The van der Waals surface area contributed by atoms with Gasteiger partial charge in [0.05, 0.1) is 40.4 Å². The smallest absolute Gasteiger partial charge is 0.355 e. The van der Waals surface area contributed by atoms with Crippen LogP contribution in [0.2, 0.25) is 0 Å². The van der Waals surface area contributed by atoms with E-state index in [2.05, 4.69) is 9.80 Å². The maximum atomic E-state index is 13.7. The van der Waals surface area contributed by atoms with E-state index in [0.29, 0.717) is 61.8 Å². The fourth-order valence-electron chi connectivity index (χ4n) is 6.59. The first kappa shape index (κ1) is 28.7. The molecular weight excluding hydrogens is 578 g/mol. The van der Waals surface area contributed by atoms with E-state index in [1.54, 1.807) is 29.7 Å². The average molecular weight is 610 g/mol. The average Bonchev–Trinajstić information content (AvgIpc) is 3.42. The molecule has 0 spiro atoms. The Balaban J connectivity index is 1.08. The first-order valence-electron chi connectivity index (χ1n) is 15.0. The molecule has 2 aromatic heterocycles. The van der Waals surface area contributed by atoms with Crippen LogP contribution in [-0.4, -0.2) is 64.0 Å². The third-order valence-corrected chi connectivity index (χ3v) is 9.10. The van der Waals surface area contributed by atoms with E-state index in [1.807, 2.05) is 30.3 Å². The van der Waals surface area contributed by atoms with Gasteiger partial charge in [0, 0.05) is 67.1 Å². The predicted octanol–water partition coefficient (Wildman–Crippen LogP) is 3.75. The van der Waals surface area contributed by atoms with E-state index >= 15 is 0 Å². The maximum Gasteiger partial charge on any atom is 0.355 e. The van der Waals surface area contributed by atoms with Gasteiger partial charge in [-0.2, -0.15) is 0 Å². The Labute approximate surface area is 257 Å². The molecule has 1 unspecified atom stereocenters. The summed E-state index contributed by atoms with van der Waals surface area (Å²) in [6.07, 6.45) is 0.168. The molecule has 45 heavy (non-hydrogen) atoms. The highest BCUT2D eigenvalue weighted by Crippen LogP contribution is 2.41. The number of rotatable bonds is 7. The number of fused-ring (bicyclic) bond motifs is 5. The van der Waals surface area contributed by atoms with Gasteiger partial charge in [0.1, 0.15) is 6.61 Å². The topological polar surface area (TPSA) is 137 Å². The molecule has 1 atom stereocenters. The molecule has 0 bridgehead atoms. The first-order chi connectivity index (χ1) is 21.8. The molecule has 0 aliphatic carbocycles. The first-order valence-corrected chi connectivity index (χ1v) is 15.0. The number of piperazine rings is 1. The summed E-state index contributed by atoms with van der Waals surface area (Å²) < 4.78 is 13.1. The van der Waals surface area contributed by atoms with Gasteiger partial charge in [-0.15, -0.1) is 0 Å². The van der Waals surface area contributed by atoms with E-state index in [4.69, 9.17) is 14.5 Å². The number of hydrogen-bond acceptors (Lipinski definition) is 10. The highest BCUT2D eigenvalue weighted by molar-refractivity contribution is 5.88. The molecule has 7 rings (SSSR count). The summed E-state index contributed by atoms with van der Waals surface area (Å²) >= 11 is 0. The minimum atomic E-state index is -1.73. The zero-order valence-electron chi connectivity index (χ0n) is 24.7. The molecular formula is C33H31N5O7. The van der Waals surface area contributed by atoms with E-state index < -0.39 is 22.5 Å². The third-order valence-electron chi connectivity index (χ3n) is 9.10. The summed E-state index contributed by atoms with van der Waals surface area (Å²) in [5, 5.41) is 11.9. The molecule has 1 saturated heterocycles. The lowest BCUT2D eigenvalue weighted by molar-refractivity contribution is -0.384. The number of ether oxygens (including phenoxy) is 2. The SMILES string of the molecule is CCC1(OC(=O)CCN2CCN(c3ccc([N+](=O)[O-])cc3)CC2)C(=O)OCc2c1cc1n(c2=O)Cc2cc3ccccc3nc2-1. The Hall–Kier alpha value is -5.10. The lowest BCUT2D eigenvalue weighted by Gasteiger charge is -2.37. The number of esters is 2. The Morgan fingerprint density at radius 3 is 2.56 bits per heavy atom. The molecule has 4 aromatic rings. The summed E-state index contributed by atoms with van der Waals surface area (Å²) in [6, 6.07) is 18.0. The molecule has 2 aromatic carbocycles. The number of cyclic esters (lactones) is 1. The Morgan fingerprint density at radius 2 is 1.82 bits per heavy atom. The summed E-state index contributed by atoms with van der Waals surface area (Å²) in [5.74, 6) is -1.24. The van der Waals surface area contributed by atoms with Crippen molar-refractivity contribution in [2.75, 3.05) is 37.6 Å². The number of non-ortho nitro benzene ring substituents is 1. The van der Waals surface area contributed by atoms with E-state index in [9.17, 15) is 24.5 Å². The highest BCUT2D eigenvalue weighted by Gasteiger charge is 2.50. The number of benzene rings is 2. The molecule has 0 radical (unpaired) electrons. The van der Waals surface area contributed by atoms with Gasteiger partial charge in [0.2, 0.25) is 5.60 Å². The second kappa shape index (κ2) is 11.1. The van der Waals surface area contributed by atoms with Crippen molar-refractivity contribution in [3.63, 3.8) is 0 Å². The molecule has 12 heteroatoms. The van der Waals surface area contributed by atoms with E-state index in [1.165, 1.54) is 12.1 Å². The minimum Gasteiger partial charge on any atom is -0.457 e. The van der Waals surface area contributed by atoms with Crippen LogP contribution in [0.1, 0.15) is 36.5 Å². The van der Waals surface area contributed by atoms with Crippen LogP contribution in [0.5, 0.6) is 0 Å². The lowest BCUT2D eigenvalue weighted by atomic mass is 9.85. The zero-order valence-corrected chi connectivity index (χ0v) is 24.7. The molecule has 12 nitrogen and oxygen atoms in total. The summed E-state index contributed by atoms with van der Waals surface area (Å²) in [5.41, 5.74) is 2.61. The van der Waals surface area contributed by atoms with Crippen molar-refractivity contribution in [3.05, 3.63) is 97.8 Å². The number of carbonyl (C=O) groups is 2. The van der Waals surface area contributed by atoms with Gasteiger partial charge in [-0.25, -0.2) is 9.78 Å². The van der Waals surface area contributed by atoms with Crippen LogP contribution in [-0.2, 0) is 37.8 Å². The number of para-hydroxylation sites is 1. The molecule has 1 fully saturated rings. The van der Waals surface area contributed by atoms with Crippen molar-refractivity contribution in [1.82, 2.24) is 14.5 Å². The van der Waals surface area contributed by atoms with Gasteiger partial charge in [-0.1, -0.05) is 25.1 Å². The Bertz CT molecular complexity index is 1910. The maximum absolute atomic E-state index is 13.7. The Kier molecular flexibility index (Phi) is 7.08. The molecule has 3 aliphatic heterocycles. The summed E-state index contributed by atoms with van der Waals surface area (Å²) in [7, 11) is 0. The summed E-state index contributed by atoms with van der Waals surface area (Å²) in [6.45, 7) is 5.14. The van der Waals surface area contributed by atoms with Crippen molar-refractivity contribution in [2.45, 2.75) is 38.5 Å². The van der Waals surface area contributed by atoms with Crippen LogP contribution in [0.3, 0.4) is 0 Å². The lowest BCUT2D eigenvalue weighted by Crippen LogP contribution is -2.49. The number of nitrogens with zero attached hydrogens (tertiary/aromatic N) is 5. The van der Waals surface area contributed by atoms with Crippen LogP contribution in [0.4, 0.5) is 11.4 Å². The van der Waals surface area contributed by atoms with Gasteiger partial charge < -0.3 is 18.9 Å². The molecule has 0 saturated carbocycles. The normalized spacial score (nSPS) is 19.0. The molecule has 0 N–H and O–H groups in total. The number of nitro groups is 1. The van der Waals surface area contributed by atoms with Gasteiger partial charge in [-0.05, 0) is 36.8 Å². The van der Waals surface area contributed by atoms with Gasteiger partial charge in [-0.3, -0.25) is 24.6 Å². The highest BCUT2D eigenvalue weighted by atomic mass is 16.6. The fourth-order valence-corrected chi connectivity index (χ4v) is 6.59. The number of hydrogen-bond donors (Lipinski definition) is 0. The second-order valence-corrected chi connectivity index (χ2v) is 11.6. The van der Waals surface area contributed by atoms with Crippen LogP contribution in [0.15, 0.2) is 65.5 Å². The van der Waals surface area contributed by atoms with Crippen LogP contribution >= 0.6 is 0 Å². The Morgan fingerprint density at radius 1 is 1.07 bits per heavy atom. The number of pyridine rings is 2. The zero-order chi connectivity index (χ0) is 31.3. The van der Waals surface area contributed by atoms with E-state index in [-0.39, 0.29) is 30.7 Å². The van der Waals surface area contributed by atoms with Crippen molar-refractivity contribution < 1.29 is 24.0 Å². The van der Waals surface area contributed by atoms with Gasteiger partial charge in [0.25, 0.3) is 11.2 Å². The van der Waals surface area contributed by atoms with Crippen LogP contribution < -0.4 is 10.5 Å². The molecule has 0 amide bonds. The monoisotopic (exact) mass is 609 g/mol. The van der Waals surface area contributed by atoms with Crippen LogP contribution in [0.25, 0.3) is 22.3 Å². The number of carbonyl (C=O) groups excluding carboxylic acids is 2. The number of aromatic nitrogens is 2. The molecule has 5 heterocycles. The van der Waals surface area contributed by atoms with Crippen molar-refractivity contribution >= 4 is 34.2 Å². The second-order valence-electron chi connectivity index (χ2n) is 11.6. The quantitative estimate of drug-likeness (QED) is 0.152. The predicted molar refractivity (Wildman–Crippen MR) is 165 cm³/mol. The molecule has 230 valence electrons. The fraction of sp³-hybridized carbons (Fsp3) is 0.333. The minimum absolute atomic E-state index is 0.0509. The molecule has 3 aliphatic rings. The van der Waals surface area contributed by atoms with Gasteiger partial charge >= 0.3 is 11.9 Å². The summed E-state index contributed by atoms with van der Waals surface area (Å²) in [4.78, 5) is 60.0. The van der Waals surface area contributed by atoms with Gasteiger partial charge in [0.15, 0.2) is 0 Å². The van der Waals surface area contributed by atoms with Crippen molar-refractivity contribution in [1.29, 1.82) is 0 Å². The van der Waals surface area contributed by atoms with E-state index in [0.717, 1.165) is 22.2 Å². The largest absolute Gasteiger partial charge is 0.457 e. The number of nitro benzene ring substituents is 1. The standard InChI is InChI=1S/C33H31N5O7/c1-2-33(45-29(39)11-12-35-13-15-36(16-14-35)23-7-9-24(10-8-23)38(42)43)26-18-28-30-22(17-21-5-3-4-6-27(21)34-30)19-37(28)31(40)25(26)20-44-32(33)41/h3-10,17-18H,2,11-16,19-20H2,1H3. The van der Waals surface area contributed by atoms with Crippen LogP contribution in [0, 0.1) is 10.1 Å². The van der Waals surface area contributed by atoms with Crippen molar-refractivity contribution in [2.24, 2.45) is 0 Å². The third kappa shape index (κ3) is 4.91. The number of anilines is 1. The van der Waals surface area contributed by atoms with Crippen molar-refractivity contribution in [3.8, 4) is 11.4 Å².